The number of nitrogens with one attached hydrogen (secondary N) is 2. The van der Waals surface area contributed by atoms with E-state index in [0.29, 0.717) is 27.7 Å². The molecule has 12 heteroatoms. The first-order valence-electron chi connectivity index (χ1n) is 12.8. The third kappa shape index (κ3) is 4.87. The number of amides is 1. The van der Waals surface area contributed by atoms with E-state index in [9.17, 15) is 27.0 Å². The van der Waals surface area contributed by atoms with Crippen molar-refractivity contribution >= 4 is 45.2 Å². The molecule has 1 aliphatic carbocycles. The van der Waals surface area contributed by atoms with Crippen LogP contribution >= 0.6 is 0 Å². The molecular formula is C28H25BF2N2O6S. The second-order valence-corrected chi connectivity index (χ2v) is 11.9. The van der Waals surface area contributed by atoms with Crippen molar-refractivity contribution in [1.29, 1.82) is 0 Å². The zero-order valence-corrected chi connectivity index (χ0v) is 22.3. The minimum absolute atomic E-state index is 0.0764. The maximum atomic E-state index is 14.9. The van der Waals surface area contributed by atoms with Crippen molar-refractivity contribution in [2.75, 3.05) is 17.5 Å². The second-order valence-electron chi connectivity index (χ2n) is 10.0. The third-order valence-corrected chi connectivity index (χ3v) is 8.63. The lowest BCUT2D eigenvalue weighted by molar-refractivity contribution is 0.0964. The predicted octanol–water partition coefficient (Wildman–Crippen LogP) is 3.82. The fourth-order valence-electron chi connectivity index (χ4n) is 5.11. The van der Waals surface area contributed by atoms with Crippen molar-refractivity contribution in [1.82, 2.24) is 5.32 Å². The van der Waals surface area contributed by atoms with E-state index in [1.54, 1.807) is 18.2 Å². The van der Waals surface area contributed by atoms with Gasteiger partial charge in [0.15, 0.2) is 0 Å². The summed E-state index contributed by atoms with van der Waals surface area (Å²) in [5.74, 6) is -1.41. The Morgan fingerprint density at radius 2 is 1.88 bits per heavy atom. The summed E-state index contributed by atoms with van der Waals surface area (Å²) in [6.07, 6.45) is 1.65. The van der Waals surface area contributed by atoms with Gasteiger partial charge in [-0.05, 0) is 72.1 Å². The molecule has 3 N–H and O–H groups in total. The number of fused-ring (bicyclic) bond motifs is 2. The van der Waals surface area contributed by atoms with E-state index in [-0.39, 0.29) is 53.1 Å². The average Bonchev–Trinajstić information content (AvgIpc) is 3.61. The number of sulfonamides is 1. The quantitative estimate of drug-likeness (QED) is 0.279. The van der Waals surface area contributed by atoms with Crippen molar-refractivity contribution in [3.8, 4) is 11.3 Å². The number of halogens is 2. The molecular weight excluding hydrogens is 541 g/mol. The van der Waals surface area contributed by atoms with Crippen molar-refractivity contribution in [3.05, 3.63) is 82.4 Å². The average molecular weight is 566 g/mol. The Bertz CT molecular complexity index is 1750. The number of hydrogen-bond donors (Lipinski definition) is 3. The van der Waals surface area contributed by atoms with Crippen LogP contribution in [0.3, 0.4) is 0 Å². The molecule has 3 aromatic carbocycles. The highest BCUT2D eigenvalue weighted by Crippen LogP contribution is 2.47. The molecule has 1 saturated carbocycles. The van der Waals surface area contributed by atoms with Gasteiger partial charge in [0.25, 0.3) is 5.91 Å². The van der Waals surface area contributed by atoms with E-state index in [1.165, 1.54) is 37.4 Å². The van der Waals surface area contributed by atoms with E-state index < -0.39 is 28.8 Å². The lowest BCUT2D eigenvalue weighted by Gasteiger charge is -2.13. The van der Waals surface area contributed by atoms with E-state index in [2.05, 4.69) is 10.0 Å². The molecule has 1 fully saturated rings. The largest absolute Gasteiger partial charge is 0.491 e. The standard InChI is InChI=1S/C28H25BF2N2O6S/c1-32-28(34)25-20-12-19(15-2-3-15)23(13-24(20)39-27(25)17-4-7-18(30)8-5-17)33-40(36,37)11-10-16-6-9-22-21(26(16)31)14-38-29(22)35/h4-9,12-13,15,33,35H,2-3,10-11,14H2,1H3,(H,32,34). The molecule has 8 nitrogen and oxygen atoms in total. The third-order valence-electron chi connectivity index (χ3n) is 7.35. The first-order valence-corrected chi connectivity index (χ1v) is 14.5. The highest BCUT2D eigenvalue weighted by Gasteiger charge is 2.32. The van der Waals surface area contributed by atoms with Gasteiger partial charge in [-0.1, -0.05) is 12.1 Å². The highest BCUT2D eigenvalue weighted by molar-refractivity contribution is 7.92. The molecule has 6 rings (SSSR count). The Balaban J connectivity index is 1.33. The number of carbonyl (C=O) groups excluding carboxylic acids is 1. The number of hydrogen-bond acceptors (Lipinski definition) is 6. The van der Waals surface area contributed by atoms with Crippen LogP contribution < -0.4 is 15.5 Å². The minimum Gasteiger partial charge on any atom is -0.455 e. The van der Waals surface area contributed by atoms with Crippen molar-refractivity contribution in [3.63, 3.8) is 0 Å². The maximum Gasteiger partial charge on any atom is 0.491 e. The summed E-state index contributed by atoms with van der Waals surface area (Å²) in [4.78, 5) is 12.9. The molecule has 0 unspecified atom stereocenters. The Hall–Kier alpha value is -3.74. The van der Waals surface area contributed by atoms with Gasteiger partial charge < -0.3 is 19.4 Å². The summed E-state index contributed by atoms with van der Waals surface area (Å²) in [5, 5.41) is 12.9. The maximum absolute atomic E-state index is 14.9. The number of anilines is 1. The van der Waals surface area contributed by atoms with E-state index in [4.69, 9.17) is 9.07 Å². The van der Waals surface area contributed by atoms with E-state index >= 15 is 0 Å². The molecule has 1 amide bonds. The van der Waals surface area contributed by atoms with Crippen molar-refractivity contribution in [2.24, 2.45) is 0 Å². The summed E-state index contributed by atoms with van der Waals surface area (Å²) in [6.45, 7) is -0.0764. The van der Waals surface area contributed by atoms with Crippen molar-refractivity contribution < 1.29 is 36.1 Å². The summed E-state index contributed by atoms with van der Waals surface area (Å²) in [7, 11) is -3.60. The number of aryl methyl sites for hydroxylation is 1. The first kappa shape index (κ1) is 26.5. The van der Waals surface area contributed by atoms with Crippen LogP contribution in [0.5, 0.6) is 0 Å². The number of rotatable bonds is 8. The SMILES string of the molecule is CNC(=O)c1c(-c2ccc(F)cc2)oc2cc(NS(=O)(=O)CCc3ccc4c(c3F)COB4O)c(C3CC3)cc12. The predicted molar refractivity (Wildman–Crippen MR) is 147 cm³/mol. The molecule has 0 radical (unpaired) electrons. The van der Waals surface area contributed by atoms with Gasteiger partial charge in [0.2, 0.25) is 10.0 Å². The van der Waals surface area contributed by atoms with Gasteiger partial charge in [0.05, 0.1) is 23.6 Å². The first-order chi connectivity index (χ1) is 19.1. The molecule has 2 heterocycles. The van der Waals surface area contributed by atoms with Crippen LogP contribution in [0.15, 0.2) is 52.9 Å². The van der Waals surface area contributed by atoms with Gasteiger partial charge in [-0.2, -0.15) is 0 Å². The highest BCUT2D eigenvalue weighted by atomic mass is 32.2. The molecule has 0 bridgehead atoms. The molecule has 0 spiro atoms. The van der Waals surface area contributed by atoms with Gasteiger partial charge >= 0.3 is 7.12 Å². The molecule has 206 valence electrons. The number of furan rings is 1. The van der Waals surface area contributed by atoms with Crippen LogP contribution in [0.2, 0.25) is 0 Å². The smallest absolute Gasteiger partial charge is 0.455 e. The van der Waals surface area contributed by atoms with E-state index in [0.717, 1.165) is 18.4 Å². The molecule has 2 aliphatic rings. The fourth-order valence-corrected chi connectivity index (χ4v) is 6.21. The molecule has 1 aliphatic heterocycles. The normalized spacial score (nSPS) is 14.9. The van der Waals surface area contributed by atoms with Crippen LogP contribution in [-0.2, 0) is 27.7 Å². The summed E-state index contributed by atoms with van der Waals surface area (Å²) in [5.41, 5.74) is 2.94. The van der Waals surface area contributed by atoms with Crippen LogP contribution in [-0.4, -0.2) is 39.3 Å². The van der Waals surface area contributed by atoms with Crippen LogP contribution in [0.1, 0.15) is 45.8 Å². The van der Waals surface area contributed by atoms with Crippen LogP contribution in [0.25, 0.3) is 22.3 Å². The fraction of sp³-hybridized carbons (Fsp3) is 0.250. The summed E-state index contributed by atoms with van der Waals surface area (Å²) < 4.78 is 68.5. The van der Waals surface area contributed by atoms with E-state index in [1.807, 2.05) is 0 Å². The minimum atomic E-state index is -3.91. The van der Waals surface area contributed by atoms with Crippen LogP contribution in [0, 0.1) is 11.6 Å². The summed E-state index contributed by atoms with van der Waals surface area (Å²) >= 11 is 0. The Morgan fingerprint density at radius 3 is 2.58 bits per heavy atom. The molecule has 4 aromatic rings. The Kier molecular flexibility index (Phi) is 6.64. The van der Waals surface area contributed by atoms with Gasteiger partial charge in [0.1, 0.15) is 23.0 Å². The Labute approximate surface area is 229 Å². The Morgan fingerprint density at radius 1 is 1.12 bits per heavy atom. The zero-order chi connectivity index (χ0) is 28.2. The molecule has 1 aromatic heterocycles. The lowest BCUT2D eigenvalue weighted by atomic mass is 9.79. The van der Waals surface area contributed by atoms with Gasteiger partial charge in [-0.15, -0.1) is 0 Å². The van der Waals surface area contributed by atoms with Gasteiger partial charge in [-0.25, -0.2) is 17.2 Å². The lowest BCUT2D eigenvalue weighted by Crippen LogP contribution is -2.28. The monoisotopic (exact) mass is 566 g/mol. The molecule has 0 atom stereocenters. The molecule has 40 heavy (non-hydrogen) atoms. The van der Waals surface area contributed by atoms with Gasteiger partial charge in [-0.3, -0.25) is 9.52 Å². The zero-order valence-electron chi connectivity index (χ0n) is 21.5. The number of carbonyl (C=O) groups is 1. The molecule has 0 saturated heterocycles. The van der Waals surface area contributed by atoms with Crippen molar-refractivity contribution in [2.45, 2.75) is 31.8 Å². The van der Waals surface area contributed by atoms with Crippen LogP contribution in [0.4, 0.5) is 14.5 Å². The van der Waals surface area contributed by atoms with Gasteiger partial charge in [0, 0.05) is 29.6 Å². The summed E-state index contributed by atoms with van der Waals surface area (Å²) in [6, 6.07) is 11.9. The second kappa shape index (κ2) is 10.0. The number of benzene rings is 3. The topological polar surface area (TPSA) is 118 Å².